The lowest BCUT2D eigenvalue weighted by Crippen LogP contribution is -2.13. The fraction of sp³-hybridized carbons (Fsp3) is 0.833. The van der Waals surface area contributed by atoms with Crippen molar-refractivity contribution in [2.75, 3.05) is 6.61 Å². The number of carbonyl (C=O) groups is 1. The summed E-state index contributed by atoms with van der Waals surface area (Å²) in [5.74, 6) is -0.212. The molecule has 0 saturated carbocycles. The third kappa shape index (κ3) is 18.2. The second-order valence-electron chi connectivity index (χ2n) is 6.67. The Morgan fingerprint density at radius 2 is 1.36 bits per heavy atom. The van der Waals surface area contributed by atoms with E-state index in [1.54, 1.807) is 6.08 Å². The molecular weight excluding hydrogens is 403 g/mol. The Bertz CT molecular complexity index is 298. The van der Waals surface area contributed by atoms with Crippen LogP contribution in [0.5, 0.6) is 0 Å². The van der Waals surface area contributed by atoms with Crippen LogP contribution in [-0.2, 0) is 9.53 Å². The highest BCUT2D eigenvalue weighted by atomic mass is 127. The van der Waals surface area contributed by atoms with Crippen molar-refractivity contribution >= 4 is 33.3 Å². The number of ether oxygens (including phenoxy) is 1. The van der Waals surface area contributed by atoms with Crippen molar-refractivity contribution in [1.29, 1.82) is 0 Å². The highest BCUT2D eigenvalue weighted by Crippen LogP contribution is 2.21. The molecule has 0 amide bonds. The molecule has 0 bridgehead atoms. The van der Waals surface area contributed by atoms with Gasteiger partial charge < -0.3 is 4.74 Å². The van der Waals surface area contributed by atoms with Gasteiger partial charge in [-0.3, -0.25) is 0 Å². The predicted molar refractivity (Wildman–Crippen MR) is 108 cm³/mol. The maximum absolute atomic E-state index is 11.1. The lowest BCUT2D eigenvalue weighted by Gasteiger charge is -2.12. The SMILES string of the molecule is CC=CC(=O)OCCCCCCCCCCCC[Si](C)(C)I. The topological polar surface area (TPSA) is 26.3 Å². The van der Waals surface area contributed by atoms with E-state index in [1.807, 2.05) is 6.92 Å². The minimum Gasteiger partial charge on any atom is -0.463 e. The van der Waals surface area contributed by atoms with Gasteiger partial charge in [0.2, 0.25) is 0 Å². The molecule has 0 aliphatic heterocycles. The first-order chi connectivity index (χ1) is 10.5. The second kappa shape index (κ2) is 14.7. The van der Waals surface area contributed by atoms with Gasteiger partial charge in [0.25, 0.3) is 0 Å². The van der Waals surface area contributed by atoms with Gasteiger partial charge in [-0.2, -0.15) is 0 Å². The number of carbonyl (C=O) groups excluding carboxylic acids is 1. The smallest absolute Gasteiger partial charge is 0.330 e. The fourth-order valence-corrected chi connectivity index (χ4v) is 4.65. The molecule has 0 heterocycles. The van der Waals surface area contributed by atoms with Gasteiger partial charge in [0.15, 0.2) is 0 Å². The van der Waals surface area contributed by atoms with E-state index in [4.69, 9.17) is 4.74 Å². The number of hydrogen-bond acceptors (Lipinski definition) is 2. The molecule has 2 nitrogen and oxygen atoms in total. The Morgan fingerprint density at radius 3 is 1.82 bits per heavy atom. The summed E-state index contributed by atoms with van der Waals surface area (Å²) >= 11 is 2.69. The molecule has 0 saturated heterocycles. The summed E-state index contributed by atoms with van der Waals surface area (Å²) in [5.41, 5.74) is -0.832. The first-order valence-corrected chi connectivity index (χ1v) is 15.3. The van der Waals surface area contributed by atoms with E-state index in [1.165, 1.54) is 69.9 Å². The van der Waals surface area contributed by atoms with Crippen molar-refractivity contribution in [3.63, 3.8) is 0 Å². The Morgan fingerprint density at radius 1 is 0.909 bits per heavy atom. The van der Waals surface area contributed by atoms with Gasteiger partial charge in [-0.15, -0.1) is 21.8 Å². The summed E-state index contributed by atoms with van der Waals surface area (Å²) in [6.45, 7) is 7.30. The molecule has 0 atom stereocenters. The molecule has 0 unspecified atom stereocenters. The molecule has 0 N–H and O–H groups in total. The number of rotatable bonds is 14. The standard InChI is InChI=1S/C18H35IO2Si/c1-4-15-18(20)21-16-13-11-9-7-5-6-8-10-12-14-17-22(2,3)19/h4,15H,5-14,16-17H2,1-3H3. The lowest BCUT2D eigenvalue weighted by atomic mass is 10.1. The minimum absolute atomic E-state index is 0.212. The molecule has 0 aliphatic rings. The van der Waals surface area contributed by atoms with E-state index in [-0.39, 0.29) is 5.97 Å². The molecule has 130 valence electrons. The summed E-state index contributed by atoms with van der Waals surface area (Å²) in [6, 6.07) is 1.48. The van der Waals surface area contributed by atoms with Crippen molar-refractivity contribution in [2.45, 2.75) is 90.3 Å². The van der Waals surface area contributed by atoms with Gasteiger partial charge in [-0.25, -0.2) is 4.79 Å². The molecular formula is C18H35IO2Si. The molecule has 0 radical (unpaired) electrons. The zero-order valence-corrected chi connectivity index (χ0v) is 18.0. The van der Waals surface area contributed by atoms with E-state index < -0.39 is 5.57 Å². The third-order valence-corrected chi connectivity index (χ3v) is 6.87. The molecule has 0 fully saturated rings. The number of esters is 1. The number of allylic oxidation sites excluding steroid dienone is 1. The summed E-state index contributed by atoms with van der Waals surface area (Å²) in [7, 11) is 0. The summed E-state index contributed by atoms with van der Waals surface area (Å²) in [4.78, 5) is 11.1. The first-order valence-electron chi connectivity index (χ1n) is 8.94. The van der Waals surface area contributed by atoms with Crippen molar-refractivity contribution in [3.8, 4) is 0 Å². The van der Waals surface area contributed by atoms with Crippen molar-refractivity contribution in [2.24, 2.45) is 0 Å². The van der Waals surface area contributed by atoms with Gasteiger partial charge in [0, 0.05) is 6.08 Å². The van der Waals surface area contributed by atoms with Crippen LogP contribution in [0.1, 0.15) is 71.1 Å². The maximum atomic E-state index is 11.1. The molecule has 0 rings (SSSR count). The molecule has 0 aromatic heterocycles. The highest BCUT2D eigenvalue weighted by Gasteiger charge is 2.14. The van der Waals surface area contributed by atoms with Gasteiger partial charge in [-0.05, 0) is 19.4 Å². The molecule has 0 spiro atoms. The number of hydrogen-bond donors (Lipinski definition) is 0. The summed E-state index contributed by atoms with van der Waals surface area (Å²) in [5, 5.41) is 0. The molecule has 4 heteroatoms. The average Bonchev–Trinajstić information content (AvgIpc) is 2.43. The Balaban J connectivity index is 3.13. The largest absolute Gasteiger partial charge is 0.463 e. The summed E-state index contributed by atoms with van der Waals surface area (Å²) < 4.78 is 5.07. The normalized spacial score (nSPS) is 12.0. The van der Waals surface area contributed by atoms with Crippen LogP contribution in [0.15, 0.2) is 12.2 Å². The summed E-state index contributed by atoms with van der Waals surface area (Å²) in [6.07, 6.45) is 16.4. The fourth-order valence-electron chi connectivity index (χ4n) is 2.42. The van der Waals surface area contributed by atoms with Gasteiger partial charge in [-0.1, -0.05) is 77.0 Å². The van der Waals surface area contributed by atoms with Crippen LogP contribution in [0.25, 0.3) is 0 Å². The molecule has 0 aromatic rings. The van der Waals surface area contributed by atoms with E-state index in [2.05, 4.69) is 34.9 Å². The zero-order valence-electron chi connectivity index (χ0n) is 14.8. The van der Waals surface area contributed by atoms with Crippen LogP contribution in [0, 0.1) is 0 Å². The van der Waals surface area contributed by atoms with Crippen LogP contribution < -0.4 is 0 Å². The van der Waals surface area contributed by atoms with Crippen LogP contribution in [0.4, 0.5) is 0 Å². The predicted octanol–water partition coefficient (Wildman–Crippen LogP) is 6.65. The van der Waals surface area contributed by atoms with Crippen LogP contribution in [0.2, 0.25) is 19.1 Å². The highest BCUT2D eigenvalue weighted by molar-refractivity contribution is 14.1. The monoisotopic (exact) mass is 438 g/mol. The first kappa shape index (κ1) is 22.2. The van der Waals surface area contributed by atoms with E-state index in [0.717, 1.165) is 6.42 Å². The number of halogens is 1. The van der Waals surface area contributed by atoms with E-state index in [9.17, 15) is 4.79 Å². The number of unbranched alkanes of at least 4 members (excludes halogenated alkanes) is 9. The minimum atomic E-state index is -0.832. The van der Waals surface area contributed by atoms with E-state index in [0.29, 0.717) is 6.61 Å². The van der Waals surface area contributed by atoms with E-state index >= 15 is 0 Å². The second-order valence-corrected chi connectivity index (χ2v) is 19.4. The quantitative estimate of drug-likeness (QED) is 0.0758. The third-order valence-electron chi connectivity index (χ3n) is 3.71. The Labute approximate surface area is 151 Å². The average molecular weight is 438 g/mol. The zero-order chi connectivity index (χ0) is 16.7. The molecule has 0 aromatic carbocycles. The molecule has 0 aliphatic carbocycles. The van der Waals surface area contributed by atoms with Crippen molar-refractivity contribution in [3.05, 3.63) is 12.2 Å². The van der Waals surface area contributed by atoms with Crippen molar-refractivity contribution < 1.29 is 9.53 Å². The van der Waals surface area contributed by atoms with Crippen LogP contribution in [-0.4, -0.2) is 18.1 Å². The van der Waals surface area contributed by atoms with Crippen LogP contribution in [0.3, 0.4) is 0 Å². The van der Waals surface area contributed by atoms with Gasteiger partial charge in [0.1, 0.15) is 5.57 Å². The van der Waals surface area contributed by atoms with Crippen LogP contribution >= 0.6 is 21.8 Å². The van der Waals surface area contributed by atoms with Gasteiger partial charge >= 0.3 is 5.97 Å². The van der Waals surface area contributed by atoms with Crippen molar-refractivity contribution in [1.82, 2.24) is 0 Å². The lowest BCUT2D eigenvalue weighted by molar-refractivity contribution is -0.137. The van der Waals surface area contributed by atoms with Gasteiger partial charge in [0.05, 0.1) is 6.61 Å². The maximum Gasteiger partial charge on any atom is 0.330 e. The Kier molecular flexibility index (Phi) is 14.8. The Hall–Kier alpha value is 0.157. The molecule has 22 heavy (non-hydrogen) atoms.